The number of imide groups is 1. The normalized spacial score (nSPS) is 14.9. The van der Waals surface area contributed by atoms with Crippen LogP contribution in [-0.2, 0) is 11.4 Å². The van der Waals surface area contributed by atoms with Gasteiger partial charge >= 0.3 is 6.03 Å². The van der Waals surface area contributed by atoms with E-state index in [0.29, 0.717) is 17.0 Å². The van der Waals surface area contributed by atoms with Crippen LogP contribution in [0.2, 0.25) is 0 Å². The summed E-state index contributed by atoms with van der Waals surface area (Å²) >= 11 is 2.12. The van der Waals surface area contributed by atoms with E-state index in [2.05, 4.69) is 27.9 Å². The number of amides is 3. The third kappa shape index (κ3) is 4.20. The molecule has 0 unspecified atom stereocenters. The van der Waals surface area contributed by atoms with E-state index < -0.39 is 11.9 Å². The van der Waals surface area contributed by atoms with Crippen LogP contribution in [0.3, 0.4) is 0 Å². The van der Waals surface area contributed by atoms with E-state index in [1.54, 1.807) is 60.7 Å². The van der Waals surface area contributed by atoms with Crippen molar-refractivity contribution in [1.82, 2.24) is 5.32 Å². The number of halogens is 2. The second-order valence-corrected chi connectivity index (χ2v) is 7.70. The van der Waals surface area contributed by atoms with Crippen LogP contribution in [0.4, 0.5) is 14.9 Å². The van der Waals surface area contributed by atoms with Gasteiger partial charge in [-0.25, -0.2) is 14.1 Å². The Kier molecular flexibility index (Phi) is 5.80. The Morgan fingerprint density at radius 3 is 2.47 bits per heavy atom. The maximum atomic E-state index is 13.7. The van der Waals surface area contributed by atoms with Crippen LogP contribution >= 0.6 is 22.6 Å². The molecular formula is C23H16FIN2O3. The van der Waals surface area contributed by atoms with Gasteiger partial charge in [-0.1, -0.05) is 42.5 Å². The topological polar surface area (TPSA) is 58.6 Å². The van der Waals surface area contributed by atoms with Crippen LogP contribution < -0.4 is 15.0 Å². The number of para-hydroxylation sites is 1. The number of urea groups is 1. The summed E-state index contributed by atoms with van der Waals surface area (Å²) in [7, 11) is 0. The zero-order chi connectivity index (χ0) is 21.1. The Balaban J connectivity index is 1.50. The summed E-state index contributed by atoms with van der Waals surface area (Å²) in [5.74, 6) is -0.123. The van der Waals surface area contributed by atoms with Crippen molar-refractivity contribution in [3.05, 3.63) is 99.0 Å². The Morgan fingerprint density at radius 2 is 1.73 bits per heavy atom. The van der Waals surface area contributed by atoms with Crippen LogP contribution in [0.25, 0.3) is 6.08 Å². The van der Waals surface area contributed by atoms with Crippen molar-refractivity contribution < 1.29 is 18.7 Å². The number of benzene rings is 3. The molecule has 3 amide bonds. The minimum absolute atomic E-state index is 0.115. The highest BCUT2D eigenvalue weighted by atomic mass is 127. The Labute approximate surface area is 186 Å². The molecule has 1 fully saturated rings. The Hall–Kier alpha value is -3.20. The molecule has 1 aliphatic rings. The van der Waals surface area contributed by atoms with Gasteiger partial charge in [-0.05, 0) is 64.6 Å². The fourth-order valence-electron chi connectivity index (χ4n) is 3.01. The standard InChI is InChI=1S/C23H16FIN2O3/c24-18-9-5-4-6-16(18)14-30-21-11-10-15(12-19(21)25)13-20-22(28)27(23(29)26-20)17-7-2-1-3-8-17/h1-13H,14H2,(H,26,29)/b20-13+. The lowest BCUT2D eigenvalue weighted by atomic mass is 10.1. The van der Waals surface area contributed by atoms with Crippen molar-refractivity contribution in [2.45, 2.75) is 6.61 Å². The van der Waals surface area contributed by atoms with Crippen LogP contribution in [0.15, 0.2) is 78.5 Å². The Bertz CT molecular complexity index is 1150. The third-order valence-corrected chi connectivity index (χ3v) is 5.34. The number of hydrogen-bond acceptors (Lipinski definition) is 3. The lowest BCUT2D eigenvalue weighted by Gasteiger charge is -2.11. The molecule has 30 heavy (non-hydrogen) atoms. The van der Waals surface area contributed by atoms with Gasteiger partial charge in [0.05, 0.1) is 9.26 Å². The predicted octanol–water partition coefficient (Wildman–Crippen LogP) is 5.11. The lowest BCUT2D eigenvalue weighted by molar-refractivity contribution is -0.113. The highest BCUT2D eigenvalue weighted by Crippen LogP contribution is 2.26. The van der Waals surface area contributed by atoms with E-state index in [1.165, 1.54) is 6.07 Å². The van der Waals surface area contributed by atoms with Crippen molar-refractivity contribution in [1.29, 1.82) is 0 Å². The van der Waals surface area contributed by atoms with Crippen molar-refractivity contribution in [3.8, 4) is 5.75 Å². The van der Waals surface area contributed by atoms with E-state index in [0.717, 1.165) is 14.0 Å². The van der Waals surface area contributed by atoms with E-state index in [-0.39, 0.29) is 18.1 Å². The van der Waals surface area contributed by atoms with Gasteiger partial charge in [-0.3, -0.25) is 4.79 Å². The molecule has 0 aliphatic carbocycles. The van der Waals surface area contributed by atoms with Gasteiger partial charge < -0.3 is 10.1 Å². The van der Waals surface area contributed by atoms with Gasteiger partial charge in [-0.15, -0.1) is 0 Å². The van der Waals surface area contributed by atoms with Gasteiger partial charge in [-0.2, -0.15) is 0 Å². The summed E-state index contributed by atoms with van der Waals surface area (Å²) in [6, 6.07) is 20.1. The van der Waals surface area contributed by atoms with E-state index in [1.807, 2.05) is 12.1 Å². The molecule has 0 atom stereocenters. The molecule has 1 aliphatic heterocycles. The number of hydrogen-bond donors (Lipinski definition) is 1. The highest BCUT2D eigenvalue weighted by molar-refractivity contribution is 14.1. The first-order valence-corrected chi connectivity index (χ1v) is 10.2. The average Bonchev–Trinajstić information content (AvgIpc) is 3.02. The van der Waals surface area contributed by atoms with Crippen molar-refractivity contribution in [2.75, 3.05) is 4.90 Å². The molecule has 0 spiro atoms. The maximum absolute atomic E-state index is 13.7. The first-order chi connectivity index (χ1) is 14.5. The molecule has 7 heteroatoms. The molecule has 0 saturated carbocycles. The average molecular weight is 514 g/mol. The number of nitrogens with one attached hydrogen (secondary N) is 1. The quantitative estimate of drug-likeness (QED) is 0.293. The number of carbonyl (C=O) groups is 2. The molecule has 0 aromatic heterocycles. The molecule has 150 valence electrons. The first kappa shape index (κ1) is 20.1. The van der Waals surface area contributed by atoms with Gasteiger partial charge in [0.2, 0.25) is 0 Å². The maximum Gasteiger partial charge on any atom is 0.333 e. The first-order valence-electron chi connectivity index (χ1n) is 9.11. The SMILES string of the molecule is O=C1N/C(=C/c2ccc(OCc3ccccc3F)c(I)c2)C(=O)N1c1ccccc1. The van der Waals surface area contributed by atoms with Gasteiger partial charge in [0, 0.05) is 5.56 Å². The summed E-state index contributed by atoms with van der Waals surface area (Å²) in [6.45, 7) is 0.115. The lowest BCUT2D eigenvalue weighted by Crippen LogP contribution is -2.30. The van der Waals surface area contributed by atoms with Crippen LogP contribution in [0, 0.1) is 9.39 Å². The van der Waals surface area contributed by atoms with Gasteiger partial charge in [0.1, 0.15) is 23.9 Å². The third-order valence-electron chi connectivity index (χ3n) is 4.50. The predicted molar refractivity (Wildman–Crippen MR) is 120 cm³/mol. The van der Waals surface area contributed by atoms with Crippen molar-refractivity contribution in [3.63, 3.8) is 0 Å². The minimum atomic E-state index is -0.489. The van der Waals surface area contributed by atoms with Crippen molar-refractivity contribution in [2.24, 2.45) is 0 Å². The fourth-order valence-corrected chi connectivity index (χ4v) is 3.70. The number of rotatable bonds is 5. The number of ether oxygens (including phenoxy) is 1. The van der Waals surface area contributed by atoms with E-state index in [4.69, 9.17) is 4.74 Å². The summed E-state index contributed by atoms with van der Waals surface area (Å²) in [4.78, 5) is 26.0. The Morgan fingerprint density at radius 1 is 1.00 bits per heavy atom. The number of carbonyl (C=O) groups excluding carboxylic acids is 2. The zero-order valence-electron chi connectivity index (χ0n) is 15.6. The monoisotopic (exact) mass is 514 g/mol. The summed E-state index contributed by atoms with van der Waals surface area (Å²) in [5, 5.41) is 2.61. The molecule has 1 N–H and O–H groups in total. The van der Waals surface area contributed by atoms with Crippen molar-refractivity contribution >= 4 is 46.3 Å². The summed E-state index contributed by atoms with van der Waals surface area (Å²) < 4.78 is 20.3. The van der Waals surface area contributed by atoms with E-state index in [9.17, 15) is 14.0 Å². The van der Waals surface area contributed by atoms with Crippen LogP contribution in [0.5, 0.6) is 5.75 Å². The molecule has 5 nitrogen and oxygen atoms in total. The second kappa shape index (κ2) is 8.66. The molecule has 1 heterocycles. The number of nitrogens with zero attached hydrogens (tertiary/aromatic N) is 1. The van der Waals surface area contributed by atoms with Crippen LogP contribution in [0.1, 0.15) is 11.1 Å². The van der Waals surface area contributed by atoms with E-state index >= 15 is 0 Å². The summed E-state index contributed by atoms with van der Waals surface area (Å²) in [5.41, 5.74) is 1.91. The highest BCUT2D eigenvalue weighted by Gasteiger charge is 2.34. The number of anilines is 1. The largest absolute Gasteiger partial charge is 0.488 e. The molecule has 0 bridgehead atoms. The minimum Gasteiger partial charge on any atom is -0.488 e. The fraction of sp³-hybridized carbons (Fsp3) is 0.0435. The summed E-state index contributed by atoms with van der Waals surface area (Å²) in [6.07, 6.45) is 1.62. The smallest absolute Gasteiger partial charge is 0.333 e. The molecule has 0 radical (unpaired) electrons. The molecule has 3 aromatic rings. The van der Waals surface area contributed by atoms with Gasteiger partial charge in [0.25, 0.3) is 5.91 Å². The second-order valence-electron chi connectivity index (χ2n) is 6.53. The molecule has 4 rings (SSSR count). The molecule has 1 saturated heterocycles. The molecular weight excluding hydrogens is 498 g/mol. The van der Waals surface area contributed by atoms with Crippen LogP contribution in [-0.4, -0.2) is 11.9 Å². The van der Waals surface area contributed by atoms with Gasteiger partial charge in [0.15, 0.2) is 0 Å². The zero-order valence-corrected chi connectivity index (χ0v) is 17.8. The molecule has 3 aromatic carbocycles.